The maximum absolute atomic E-state index is 14.0. The summed E-state index contributed by atoms with van der Waals surface area (Å²) in [5.74, 6) is 0.816. The van der Waals surface area contributed by atoms with Crippen molar-refractivity contribution in [2.75, 3.05) is 13.1 Å². The maximum Gasteiger partial charge on any atom is 0.254 e. The van der Waals surface area contributed by atoms with Gasteiger partial charge in [0.1, 0.15) is 5.82 Å². The highest BCUT2D eigenvalue weighted by Gasteiger charge is 2.31. The number of fused-ring (bicyclic) bond motifs is 1. The number of nitrogens with zero attached hydrogens (tertiary/aromatic N) is 2. The van der Waals surface area contributed by atoms with Crippen LogP contribution >= 0.6 is 0 Å². The molecule has 1 aliphatic rings. The average molecular weight is 527 g/mol. The zero-order valence-electron chi connectivity index (χ0n) is 21.0. The summed E-state index contributed by atoms with van der Waals surface area (Å²) in [5.41, 5.74) is 4.44. The molecule has 2 N–H and O–H groups in total. The van der Waals surface area contributed by atoms with E-state index in [1.54, 1.807) is 0 Å². The molecule has 0 radical (unpaired) electrons. The average Bonchev–Trinajstić information content (AvgIpc) is 3.67. The van der Waals surface area contributed by atoms with Gasteiger partial charge in [-0.2, -0.15) is 0 Å². The predicted octanol–water partition coefficient (Wildman–Crippen LogP) is 5.44. The Morgan fingerprint density at radius 2 is 1.68 bits per heavy atom. The number of imidazole rings is 1. The van der Waals surface area contributed by atoms with Crippen molar-refractivity contribution in [3.8, 4) is 11.1 Å². The summed E-state index contributed by atoms with van der Waals surface area (Å²) < 4.78 is 26.2. The van der Waals surface area contributed by atoms with Crippen molar-refractivity contribution in [2.45, 2.75) is 18.9 Å². The van der Waals surface area contributed by atoms with Gasteiger partial charge in [0, 0.05) is 30.0 Å². The van der Waals surface area contributed by atoms with Crippen LogP contribution in [0.15, 0.2) is 103 Å². The minimum absolute atomic E-state index is 0.0876. The van der Waals surface area contributed by atoms with Gasteiger partial charge in [-0.25, -0.2) is 18.1 Å². The van der Waals surface area contributed by atoms with E-state index in [-0.39, 0.29) is 24.4 Å². The molecule has 0 saturated heterocycles. The smallest absolute Gasteiger partial charge is 0.254 e. The Morgan fingerprint density at radius 3 is 2.37 bits per heavy atom. The molecule has 0 fully saturated rings. The number of para-hydroxylation sites is 2. The van der Waals surface area contributed by atoms with Gasteiger partial charge < -0.3 is 9.88 Å². The Labute approximate surface area is 223 Å². The summed E-state index contributed by atoms with van der Waals surface area (Å²) in [6.45, 7) is 4.11. The number of rotatable bonds is 12. The van der Waals surface area contributed by atoms with Crippen molar-refractivity contribution < 1.29 is 13.2 Å². The fraction of sp³-hybridized carbons (Fsp3) is 0.200. The summed E-state index contributed by atoms with van der Waals surface area (Å²) in [6, 6.07) is 25.1. The lowest BCUT2D eigenvalue weighted by Gasteiger charge is -2.31. The lowest BCUT2D eigenvalue weighted by molar-refractivity contribution is 0.0649. The van der Waals surface area contributed by atoms with Gasteiger partial charge in [0.25, 0.3) is 5.91 Å². The van der Waals surface area contributed by atoms with Gasteiger partial charge >= 0.3 is 0 Å². The van der Waals surface area contributed by atoms with Gasteiger partial charge in [-0.15, -0.1) is 0 Å². The molecule has 1 atom stereocenters. The van der Waals surface area contributed by atoms with Crippen LogP contribution in [-0.2, 0) is 10.0 Å². The topological polar surface area (TPSA) is 95.2 Å². The molecule has 1 aliphatic carbocycles. The van der Waals surface area contributed by atoms with Crippen LogP contribution in [0, 0.1) is 5.92 Å². The monoisotopic (exact) mass is 526 g/mol. The highest BCUT2D eigenvalue weighted by atomic mass is 32.2. The SMILES string of the molecule is C=CS(=O)(=O)NCCCC(c1nc2ccccc2[nH]1)N(CC1C=C1)C(=O)c1ccc(-c2ccccc2)cc1. The summed E-state index contributed by atoms with van der Waals surface area (Å²) >= 11 is 0. The number of carbonyl (C=O) groups excluding carboxylic acids is 1. The van der Waals surface area contributed by atoms with Gasteiger partial charge in [-0.1, -0.05) is 73.3 Å². The molecule has 8 heteroatoms. The maximum atomic E-state index is 14.0. The number of H-pyrrole nitrogens is 1. The van der Waals surface area contributed by atoms with Gasteiger partial charge in [-0.3, -0.25) is 4.79 Å². The minimum Gasteiger partial charge on any atom is -0.340 e. The summed E-state index contributed by atoms with van der Waals surface area (Å²) in [5, 5.41) is 0.900. The van der Waals surface area contributed by atoms with Crippen LogP contribution in [0.5, 0.6) is 0 Å². The molecule has 0 bridgehead atoms. The fourth-order valence-corrected chi connectivity index (χ4v) is 5.07. The molecule has 1 aromatic heterocycles. The van der Waals surface area contributed by atoms with E-state index in [1.807, 2.05) is 83.8 Å². The fourth-order valence-electron chi connectivity index (χ4n) is 4.52. The predicted molar refractivity (Wildman–Crippen MR) is 151 cm³/mol. The normalized spacial score (nSPS) is 13.9. The van der Waals surface area contributed by atoms with E-state index in [2.05, 4.69) is 28.4 Å². The first kappa shape index (κ1) is 25.6. The third-order valence-corrected chi connectivity index (χ3v) is 7.69. The van der Waals surface area contributed by atoms with Crippen LogP contribution in [0.1, 0.15) is 35.1 Å². The first-order valence-corrected chi connectivity index (χ1v) is 14.2. The number of sulfonamides is 1. The Morgan fingerprint density at radius 1 is 1.00 bits per heavy atom. The van der Waals surface area contributed by atoms with Crippen molar-refractivity contribution in [3.63, 3.8) is 0 Å². The molecular formula is C30H30N4O3S. The molecule has 0 saturated carbocycles. The molecule has 194 valence electrons. The zero-order chi connectivity index (χ0) is 26.5. The molecule has 38 heavy (non-hydrogen) atoms. The van der Waals surface area contributed by atoms with Crippen LogP contribution < -0.4 is 4.72 Å². The number of nitrogens with one attached hydrogen (secondary N) is 2. The number of amides is 1. The van der Waals surface area contributed by atoms with Crippen molar-refractivity contribution in [2.24, 2.45) is 5.92 Å². The molecule has 5 rings (SSSR count). The molecule has 0 aliphatic heterocycles. The Balaban J connectivity index is 1.43. The number of hydrogen-bond donors (Lipinski definition) is 2. The van der Waals surface area contributed by atoms with Crippen molar-refractivity contribution in [1.29, 1.82) is 0 Å². The second-order valence-corrected chi connectivity index (χ2v) is 11.1. The largest absolute Gasteiger partial charge is 0.340 e. The summed E-state index contributed by atoms with van der Waals surface area (Å²) in [6.07, 6.45) is 5.20. The second kappa shape index (κ2) is 11.2. The van der Waals surface area contributed by atoms with E-state index in [4.69, 9.17) is 4.98 Å². The number of benzene rings is 3. The van der Waals surface area contributed by atoms with Crippen LogP contribution in [-0.4, -0.2) is 42.3 Å². The lowest BCUT2D eigenvalue weighted by Crippen LogP contribution is -2.38. The van der Waals surface area contributed by atoms with Crippen LogP contribution in [0.4, 0.5) is 0 Å². The van der Waals surface area contributed by atoms with Crippen LogP contribution in [0.25, 0.3) is 22.2 Å². The first-order chi connectivity index (χ1) is 18.4. The van der Waals surface area contributed by atoms with E-state index in [9.17, 15) is 13.2 Å². The third kappa shape index (κ3) is 6.10. The Kier molecular flexibility index (Phi) is 7.53. The highest BCUT2D eigenvalue weighted by Crippen LogP contribution is 2.31. The van der Waals surface area contributed by atoms with E-state index in [0.29, 0.717) is 30.8 Å². The molecule has 0 spiro atoms. The number of carbonyl (C=O) groups is 1. The Hall–Kier alpha value is -4.01. The quantitative estimate of drug-likeness (QED) is 0.190. The van der Waals surface area contributed by atoms with Crippen molar-refractivity contribution in [3.05, 3.63) is 114 Å². The van der Waals surface area contributed by atoms with E-state index in [0.717, 1.165) is 27.6 Å². The molecule has 7 nitrogen and oxygen atoms in total. The van der Waals surface area contributed by atoms with Gasteiger partial charge in [-0.05, 0) is 48.2 Å². The zero-order valence-corrected chi connectivity index (χ0v) is 21.8. The van der Waals surface area contributed by atoms with E-state index in [1.165, 1.54) is 0 Å². The molecule has 1 amide bonds. The van der Waals surface area contributed by atoms with Crippen molar-refractivity contribution >= 4 is 27.0 Å². The van der Waals surface area contributed by atoms with Crippen molar-refractivity contribution in [1.82, 2.24) is 19.6 Å². The highest BCUT2D eigenvalue weighted by molar-refractivity contribution is 7.92. The number of aromatic amines is 1. The molecule has 3 aromatic carbocycles. The van der Waals surface area contributed by atoms with Gasteiger partial charge in [0.15, 0.2) is 0 Å². The summed E-state index contributed by atoms with van der Waals surface area (Å²) in [4.78, 5) is 24.0. The standard InChI is InChI=1S/C30H30N4O3S/c1-2-38(36,37)31-20-8-13-28(29-32-26-11-6-7-12-27(26)33-29)34(21-22-14-15-22)30(35)25-18-16-24(17-19-25)23-9-4-3-5-10-23/h2-7,9-12,14-19,22,28,31H,1,8,13,20-21H2,(H,32,33). The number of aromatic nitrogens is 2. The van der Waals surface area contributed by atoms with E-state index < -0.39 is 10.0 Å². The Bertz CT molecular complexity index is 1520. The minimum atomic E-state index is -3.52. The third-order valence-electron chi connectivity index (χ3n) is 6.65. The van der Waals surface area contributed by atoms with E-state index >= 15 is 0 Å². The molecule has 1 heterocycles. The summed E-state index contributed by atoms with van der Waals surface area (Å²) in [7, 11) is -3.52. The van der Waals surface area contributed by atoms with Gasteiger partial charge in [0.05, 0.1) is 17.1 Å². The number of hydrogen-bond acceptors (Lipinski definition) is 4. The molecule has 4 aromatic rings. The molecule has 1 unspecified atom stereocenters. The van der Waals surface area contributed by atoms with Crippen LogP contribution in [0.3, 0.4) is 0 Å². The van der Waals surface area contributed by atoms with Gasteiger partial charge in [0.2, 0.25) is 10.0 Å². The first-order valence-electron chi connectivity index (χ1n) is 12.6. The lowest BCUT2D eigenvalue weighted by atomic mass is 10.0. The van der Waals surface area contributed by atoms with Crippen LogP contribution in [0.2, 0.25) is 0 Å². The second-order valence-electron chi connectivity index (χ2n) is 9.35. The molecular weight excluding hydrogens is 496 g/mol.